The van der Waals surface area contributed by atoms with Gasteiger partial charge in [-0.05, 0) is 31.0 Å². The predicted octanol–water partition coefficient (Wildman–Crippen LogP) is 1.29. The fourth-order valence-corrected chi connectivity index (χ4v) is 2.75. The largest absolute Gasteiger partial charge is 0.394 e. The lowest BCUT2D eigenvalue weighted by molar-refractivity contribution is -0.147. The van der Waals surface area contributed by atoms with E-state index in [0.29, 0.717) is 19.5 Å². The third-order valence-electron chi connectivity index (χ3n) is 3.94. The van der Waals surface area contributed by atoms with Crippen molar-refractivity contribution in [3.05, 3.63) is 29.8 Å². The van der Waals surface area contributed by atoms with Crippen LogP contribution in [0.5, 0.6) is 0 Å². The zero-order valence-corrected chi connectivity index (χ0v) is 13.7. The highest BCUT2D eigenvalue weighted by molar-refractivity contribution is 5.76. The van der Waals surface area contributed by atoms with Crippen molar-refractivity contribution < 1.29 is 14.6 Å². The topological polar surface area (TPSA) is 53.0 Å². The fourth-order valence-electron chi connectivity index (χ4n) is 2.75. The van der Waals surface area contributed by atoms with Crippen LogP contribution in [-0.2, 0) is 16.0 Å². The highest BCUT2D eigenvalue weighted by Gasteiger charge is 2.27. The number of aryl methyl sites for hydroxylation is 1. The van der Waals surface area contributed by atoms with Gasteiger partial charge in [0.1, 0.15) is 0 Å². The number of amides is 1. The Morgan fingerprint density at radius 2 is 2.18 bits per heavy atom. The van der Waals surface area contributed by atoms with Gasteiger partial charge >= 0.3 is 0 Å². The van der Waals surface area contributed by atoms with E-state index in [4.69, 9.17) is 4.74 Å². The molecule has 0 spiro atoms. The van der Waals surface area contributed by atoms with Crippen molar-refractivity contribution in [3.8, 4) is 0 Å². The molecule has 2 atom stereocenters. The summed E-state index contributed by atoms with van der Waals surface area (Å²) in [5.74, 6) is 0.129. The Morgan fingerprint density at radius 3 is 2.86 bits per heavy atom. The van der Waals surface area contributed by atoms with E-state index < -0.39 is 0 Å². The Hall–Kier alpha value is -1.59. The number of ether oxygens (including phenoxy) is 1. The van der Waals surface area contributed by atoms with Crippen LogP contribution in [0, 0.1) is 0 Å². The first kappa shape index (κ1) is 16.8. The average Bonchev–Trinajstić information content (AvgIpc) is 2.52. The highest BCUT2D eigenvalue weighted by Crippen LogP contribution is 2.16. The van der Waals surface area contributed by atoms with Crippen LogP contribution in [-0.4, -0.2) is 61.9 Å². The second-order valence-corrected chi connectivity index (χ2v) is 6.11. The molecule has 1 amide bonds. The van der Waals surface area contributed by atoms with Crippen LogP contribution in [0.3, 0.4) is 0 Å². The summed E-state index contributed by atoms with van der Waals surface area (Å²) in [5, 5.41) is 9.23. The molecule has 2 rings (SSSR count). The number of hydrogen-bond acceptors (Lipinski definition) is 4. The minimum absolute atomic E-state index is 0.0214. The van der Waals surface area contributed by atoms with Gasteiger partial charge in [0.05, 0.1) is 18.8 Å². The Balaban J connectivity index is 1.90. The highest BCUT2D eigenvalue weighted by atomic mass is 16.5. The summed E-state index contributed by atoms with van der Waals surface area (Å²) in [5.41, 5.74) is 2.31. The number of aliphatic hydroxyl groups excluding tert-OH is 1. The zero-order chi connectivity index (χ0) is 16.1. The van der Waals surface area contributed by atoms with Gasteiger partial charge in [0.2, 0.25) is 5.91 Å². The van der Waals surface area contributed by atoms with E-state index in [-0.39, 0.29) is 24.7 Å². The maximum absolute atomic E-state index is 12.4. The van der Waals surface area contributed by atoms with E-state index in [0.717, 1.165) is 12.1 Å². The molecule has 1 aliphatic rings. The summed E-state index contributed by atoms with van der Waals surface area (Å²) in [6, 6.07) is 8.25. The van der Waals surface area contributed by atoms with E-state index in [1.54, 1.807) is 0 Å². The van der Waals surface area contributed by atoms with Gasteiger partial charge in [-0.25, -0.2) is 0 Å². The molecule has 5 nitrogen and oxygen atoms in total. The molecule has 1 heterocycles. The lowest BCUT2D eigenvalue weighted by Gasteiger charge is -2.36. The Labute approximate surface area is 132 Å². The molecular weight excluding hydrogens is 280 g/mol. The first-order chi connectivity index (χ1) is 10.5. The molecule has 0 unspecified atom stereocenters. The van der Waals surface area contributed by atoms with Crippen LogP contribution in [0.15, 0.2) is 24.3 Å². The smallest absolute Gasteiger partial charge is 0.223 e. The van der Waals surface area contributed by atoms with Crippen LogP contribution < -0.4 is 4.90 Å². The number of anilines is 1. The second kappa shape index (κ2) is 7.61. The van der Waals surface area contributed by atoms with E-state index in [9.17, 15) is 9.90 Å². The minimum Gasteiger partial charge on any atom is -0.394 e. The predicted molar refractivity (Wildman–Crippen MR) is 87.1 cm³/mol. The lowest BCUT2D eigenvalue weighted by Crippen LogP contribution is -2.50. The molecule has 22 heavy (non-hydrogen) atoms. The summed E-state index contributed by atoms with van der Waals surface area (Å²) in [4.78, 5) is 16.2. The van der Waals surface area contributed by atoms with Crippen molar-refractivity contribution >= 4 is 11.6 Å². The van der Waals surface area contributed by atoms with Crippen LogP contribution >= 0.6 is 0 Å². The molecule has 5 heteroatoms. The van der Waals surface area contributed by atoms with Crippen LogP contribution in [0.25, 0.3) is 0 Å². The van der Waals surface area contributed by atoms with Gasteiger partial charge in [-0.1, -0.05) is 12.1 Å². The van der Waals surface area contributed by atoms with Crippen LogP contribution in [0.2, 0.25) is 0 Å². The third kappa shape index (κ3) is 4.45. The number of carbonyl (C=O) groups is 1. The number of aliphatic hydroxyl groups is 1. The summed E-state index contributed by atoms with van der Waals surface area (Å²) in [6.07, 6.45) is 0.939. The summed E-state index contributed by atoms with van der Waals surface area (Å²) >= 11 is 0. The first-order valence-corrected chi connectivity index (χ1v) is 7.80. The normalized spacial score (nSPS) is 21.7. The average molecular weight is 306 g/mol. The quantitative estimate of drug-likeness (QED) is 0.891. The van der Waals surface area contributed by atoms with Crippen molar-refractivity contribution in [1.29, 1.82) is 0 Å². The lowest BCUT2D eigenvalue weighted by atomic mass is 10.1. The molecule has 1 N–H and O–H groups in total. The SMILES string of the molecule is C[C@@H]1CN(C(=O)CCc2cccc(N(C)C)c2)C[C@H](CO)O1. The van der Waals surface area contributed by atoms with Crippen molar-refractivity contribution in [3.63, 3.8) is 0 Å². The molecule has 1 fully saturated rings. The molecule has 1 aliphatic heterocycles. The van der Waals surface area contributed by atoms with Gasteiger partial charge in [0.25, 0.3) is 0 Å². The maximum Gasteiger partial charge on any atom is 0.223 e. The fraction of sp³-hybridized carbons (Fsp3) is 0.588. The van der Waals surface area contributed by atoms with Crippen molar-refractivity contribution in [2.45, 2.75) is 32.0 Å². The monoisotopic (exact) mass is 306 g/mol. The molecule has 0 radical (unpaired) electrons. The Bertz CT molecular complexity index is 504. The number of hydrogen-bond donors (Lipinski definition) is 1. The number of morpholine rings is 1. The number of carbonyl (C=O) groups excluding carboxylic acids is 1. The van der Waals surface area contributed by atoms with E-state index in [1.807, 2.05) is 32.0 Å². The van der Waals surface area contributed by atoms with E-state index in [2.05, 4.69) is 23.1 Å². The van der Waals surface area contributed by atoms with Crippen molar-refractivity contribution in [2.75, 3.05) is 38.7 Å². The molecule has 0 aromatic heterocycles. The molecule has 122 valence electrons. The maximum atomic E-state index is 12.4. The first-order valence-electron chi connectivity index (χ1n) is 7.80. The number of nitrogens with zero attached hydrogens (tertiary/aromatic N) is 2. The summed E-state index contributed by atoms with van der Waals surface area (Å²) in [7, 11) is 4.02. The van der Waals surface area contributed by atoms with Gasteiger partial charge in [-0.3, -0.25) is 4.79 Å². The van der Waals surface area contributed by atoms with Crippen LogP contribution in [0.4, 0.5) is 5.69 Å². The van der Waals surface area contributed by atoms with Gasteiger partial charge in [-0.15, -0.1) is 0 Å². The molecule has 0 bridgehead atoms. The third-order valence-corrected chi connectivity index (χ3v) is 3.94. The summed E-state index contributed by atoms with van der Waals surface area (Å²) in [6.45, 7) is 2.98. The van der Waals surface area contributed by atoms with Gasteiger partial charge in [0, 0.05) is 39.3 Å². The number of benzene rings is 1. The molecule has 1 saturated heterocycles. The molecule has 0 saturated carbocycles. The zero-order valence-electron chi connectivity index (χ0n) is 13.7. The minimum atomic E-state index is -0.259. The van der Waals surface area contributed by atoms with Gasteiger partial charge < -0.3 is 19.6 Å². The molecule has 0 aliphatic carbocycles. The summed E-state index contributed by atoms with van der Waals surface area (Å²) < 4.78 is 5.57. The van der Waals surface area contributed by atoms with Gasteiger partial charge in [-0.2, -0.15) is 0 Å². The molecule has 1 aromatic carbocycles. The van der Waals surface area contributed by atoms with E-state index in [1.165, 1.54) is 5.56 Å². The van der Waals surface area contributed by atoms with Gasteiger partial charge in [0.15, 0.2) is 0 Å². The Morgan fingerprint density at radius 1 is 1.41 bits per heavy atom. The number of rotatable bonds is 5. The molecular formula is C17H26N2O3. The molecule has 1 aromatic rings. The van der Waals surface area contributed by atoms with E-state index >= 15 is 0 Å². The standard InChI is InChI=1S/C17H26N2O3/c1-13-10-19(11-16(12-20)22-13)17(21)8-7-14-5-4-6-15(9-14)18(2)3/h4-6,9,13,16,20H,7-8,10-12H2,1-3H3/t13-,16-/m1/s1. The second-order valence-electron chi connectivity index (χ2n) is 6.11. The Kier molecular flexibility index (Phi) is 5.80. The van der Waals surface area contributed by atoms with Crippen molar-refractivity contribution in [2.24, 2.45) is 0 Å². The van der Waals surface area contributed by atoms with Crippen LogP contribution in [0.1, 0.15) is 18.9 Å². The van der Waals surface area contributed by atoms with Crippen molar-refractivity contribution in [1.82, 2.24) is 4.90 Å².